The van der Waals surface area contributed by atoms with E-state index in [1.54, 1.807) is 17.8 Å². The number of carbonyl (C=O) groups excluding carboxylic acids is 1. The Bertz CT molecular complexity index is 877. The van der Waals surface area contributed by atoms with Crippen molar-refractivity contribution in [1.82, 2.24) is 20.2 Å². The number of hydrogen-bond donors (Lipinski definition) is 1. The van der Waals surface area contributed by atoms with Crippen LogP contribution in [0.3, 0.4) is 0 Å². The Hall–Kier alpha value is -2.67. The summed E-state index contributed by atoms with van der Waals surface area (Å²) in [5, 5.41) is 14.2. The lowest BCUT2D eigenvalue weighted by Gasteiger charge is -2.14. The van der Waals surface area contributed by atoms with Gasteiger partial charge in [-0.2, -0.15) is 4.68 Å². The maximum Gasteiger partial charge on any atom is 0.257 e. The van der Waals surface area contributed by atoms with E-state index in [1.165, 1.54) is 11.0 Å². The number of benzene rings is 2. The number of nitrogens with one attached hydrogen (secondary N) is 1. The first-order chi connectivity index (χ1) is 11.6. The lowest BCUT2D eigenvalue weighted by atomic mass is 10.0. The lowest BCUT2D eigenvalue weighted by Crippen LogP contribution is -2.17. The first kappa shape index (κ1) is 16.2. The Labute approximate surface area is 144 Å². The average Bonchev–Trinajstić information content (AvgIpc) is 3.11. The normalized spacial score (nSPS) is 10.6. The molecule has 3 aromatic rings. The summed E-state index contributed by atoms with van der Waals surface area (Å²) < 4.78 is 1.52. The molecule has 7 heteroatoms. The van der Waals surface area contributed by atoms with Crippen LogP contribution in [0.15, 0.2) is 47.6 Å². The second-order valence-corrected chi connectivity index (χ2v) is 6.22. The van der Waals surface area contributed by atoms with Gasteiger partial charge < -0.3 is 5.32 Å². The van der Waals surface area contributed by atoms with E-state index in [4.69, 9.17) is 0 Å². The third-order valence-corrected chi connectivity index (χ3v) is 4.58. The molecule has 1 aromatic heterocycles. The Balaban J connectivity index is 1.99. The largest absolute Gasteiger partial charge is 0.322 e. The van der Waals surface area contributed by atoms with Crippen molar-refractivity contribution in [2.45, 2.75) is 18.7 Å². The van der Waals surface area contributed by atoms with Gasteiger partial charge in [-0.1, -0.05) is 12.1 Å². The summed E-state index contributed by atoms with van der Waals surface area (Å²) in [7, 11) is 0. The van der Waals surface area contributed by atoms with Crippen LogP contribution in [0.2, 0.25) is 0 Å². The highest BCUT2D eigenvalue weighted by Crippen LogP contribution is 2.24. The van der Waals surface area contributed by atoms with Crippen molar-refractivity contribution >= 4 is 23.4 Å². The number of rotatable bonds is 4. The molecule has 0 aliphatic rings. The molecule has 1 heterocycles. The second-order valence-electron chi connectivity index (χ2n) is 5.34. The average molecular weight is 339 g/mol. The predicted molar refractivity (Wildman–Crippen MR) is 94.8 cm³/mol. The van der Waals surface area contributed by atoms with Crippen molar-refractivity contribution in [3.05, 3.63) is 59.4 Å². The molecule has 0 aliphatic carbocycles. The molecule has 0 spiro atoms. The molecule has 122 valence electrons. The van der Waals surface area contributed by atoms with Gasteiger partial charge in [-0.25, -0.2) is 0 Å². The molecular weight excluding hydrogens is 322 g/mol. The Morgan fingerprint density at radius 2 is 2.04 bits per heavy atom. The molecule has 1 amide bonds. The number of carbonyl (C=O) groups is 1. The number of tetrazole rings is 1. The Morgan fingerprint density at radius 1 is 1.21 bits per heavy atom. The van der Waals surface area contributed by atoms with Crippen LogP contribution in [0, 0.1) is 13.8 Å². The quantitative estimate of drug-likeness (QED) is 0.739. The van der Waals surface area contributed by atoms with E-state index in [-0.39, 0.29) is 5.91 Å². The summed E-state index contributed by atoms with van der Waals surface area (Å²) in [4.78, 5) is 13.9. The van der Waals surface area contributed by atoms with E-state index < -0.39 is 0 Å². The van der Waals surface area contributed by atoms with Crippen LogP contribution in [0.5, 0.6) is 0 Å². The summed E-state index contributed by atoms with van der Waals surface area (Å²) in [5.74, 6) is -0.193. The zero-order chi connectivity index (χ0) is 17.1. The van der Waals surface area contributed by atoms with E-state index in [2.05, 4.69) is 20.8 Å². The van der Waals surface area contributed by atoms with E-state index in [9.17, 15) is 4.79 Å². The van der Waals surface area contributed by atoms with Gasteiger partial charge in [-0.05, 0) is 65.9 Å². The van der Waals surface area contributed by atoms with Gasteiger partial charge in [-0.3, -0.25) is 4.79 Å². The van der Waals surface area contributed by atoms with Crippen LogP contribution < -0.4 is 5.32 Å². The fourth-order valence-corrected chi connectivity index (χ4v) is 2.90. The minimum atomic E-state index is -0.193. The maximum atomic E-state index is 12.8. The molecule has 6 nitrogen and oxygen atoms in total. The predicted octanol–water partition coefficient (Wildman–Crippen LogP) is 3.25. The highest BCUT2D eigenvalue weighted by atomic mass is 32.2. The van der Waals surface area contributed by atoms with Gasteiger partial charge in [0.25, 0.3) is 5.91 Å². The van der Waals surface area contributed by atoms with Crippen molar-refractivity contribution in [2.24, 2.45) is 0 Å². The first-order valence-corrected chi connectivity index (χ1v) is 8.61. The summed E-state index contributed by atoms with van der Waals surface area (Å²) in [6.07, 6.45) is 3.49. The van der Waals surface area contributed by atoms with Crippen LogP contribution in [0.4, 0.5) is 5.69 Å². The minimum absolute atomic E-state index is 0.193. The van der Waals surface area contributed by atoms with E-state index in [0.29, 0.717) is 11.3 Å². The Kier molecular flexibility index (Phi) is 4.61. The van der Waals surface area contributed by atoms with E-state index >= 15 is 0 Å². The van der Waals surface area contributed by atoms with Gasteiger partial charge in [-0.15, -0.1) is 16.9 Å². The highest BCUT2D eigenvalue weighted by molar-refractivity contribution is 7.98. The third-order valence-electron chi connectivity index (χ3n) is 3.85. The van der Waals surface area contributed by atoms with Gasteiger partial charge in [0, 0.05) is 10.6 Å². The van der Waals surface area contributed by atoms with Gasteiger partial charge in [0.15, 0.2) is 0 Å². The molecule has 0 fully saturated rings. The monoisotopic (exact) mass is 339 g/mol. The van der Waals surface area contributed by atoms with E-state index in [1.807, 2.05) is 50.4 Å². The summed E-state index contributed by atoms with van der Waals surface area (Å²) in [6.45, 7) is 3.95. The van der Waals surface area contributed by atoms with Gasteiger partial charge in [0.1, 0.15) is 6.33 Å². The van der Waals surface area contributed by atoms with Gasteiger partial charge in [0.2, 0.25) is 0 Å². The lowest BCUT2D eigenvalue weighted by molar-refractivity contribution is 0.102. The second kappa shape index (κ2) is 6.84. The topological polar surface area (TPSA) is 72.7 Å². The SMILES string of the molecule is CSc1cccc(NC(=O)c2ccc(C)c(C)c2-n2cnnn2)c1. The fourth-order valence-electron chi connectivity index (χ4n) is 2.44. The van der Waals surface area contributed by atoms with Crippen molar-refractivity contribution in [3.63, 3.8) is 0 Å². The summed E-state index contributed by atoms with van der Waals surface area (Å²) in [5.41, 5.74) is 4.01. The molecule has 0 radical (unpaired) electrons. The number of aryl methyl sites for hydroxylation is 1. The molecule has 0 saturated heterocycles. The van der Waals surface area contributed by atoms with Crippen molar-refractivity contribution < 1.29 is 4.79 Å². The summed E-state index contributed by atoms with van der Waals surface area (Å²) >= 11 is 1.63. The Morgan fingerprint density at radius 3 is 2.75 bits per heavy atom. The minimum Gasteiger partial charge on any atom is -0.322 e. The molecule has 0 atom stereocenters. The molecule has 0 aliphatic heterocycles. The van der Waals surface area contributed by atoms with Gasteiger partial charge >= 0.3 is 0 Å². The number of aromatic nitrogens is 4. The van der Waals surface area contributed by atoms with Crippen molar-refractivity contribution in [2.75, 3.05) is 11.6 Å². The molecule has 24 heavy (non-hydrogen) atoms. The standard InChI is InChI=1S/C17H17N5OS/c1-11-7-8-15(16(12(11)2)22-10-18-20-21-22)17(23)19-13-5-4-6-14(9-13)24-3/h4-10H,1-3H3,(H,19,23). The smallest absolute Gasteiger partial charge is 0.257 e. The molecule has 0 saturated carbocycles. The zero-order valence-corrected chi connectivity index (χ0v) is 14.5. The van der Waals surface area contributed by atoms with Crippen molar-refractivity contribution in [3.8, 4) is 5.69 Å². The molecule has 0 bridgehead atoms. The number of thioether (sulfide) groups is 1. The molecular formula is C17H17N5OS. The van der Waals surface area contributed by atoms with Crippen LogP contribution in [-0.4, -0.2) is 32.4 Å². The number of anilines is 1. The highest BCUT2D eigenvalue weighted by Gasteiger charge is 2.17. The number of nitrogens with zero attached hydrogens (tertiary/aromatic N) is 4. The van der Waals surface area contributed by atoms with Crippen LogP contribution in [0.25, 0.3) is 5.69 Å². The van der Waals surface area contributed by atoms with Gasteiger partial charge in [0.05, 0.1) is 11.3 Å². The number of amides is 1. The molecule has 2 aromatic carbocycles. The van der Waals surface area contributed by atoms with Crippen LogP contribution >= 0.6 is 11.8 Å². The van der Waals surface area contributed by atoms with Crippen LogP contribution in [0.1, 0.15) is 21.5 Å². The van der Waals surface area contributed by atoms with Crippen LogP contribution in [-0.2, 0) is 0 Å². The molecule has 3 rings (SSSR count). The molecule has 1 N–H and O–H groups in total. The maximum absolute atomic E-state index is 12.8. The number of hydrogen-bond acceptors (Lipinski definition) is 5. The molecule has 0 unspecified atom stereocenters. The summed E-state index contributed by atoms with van der Waals surface area (Å²) in [6, 6.07) is 11.5. The van der Waals surface area contributed by atoms with Crippen molar-refractivity contribution in [1.29, 1.82) is 0 Å². The third kappa shape index (κ3) is 3.16. The fraction of sp³-hybridized carbons (Fsp3) is 0.176. The zero-order valence-electron chi connectivity index (χ0n) is 13.6. The first-order valence-electron chi connectivity index (χ1n) is 7.39. The van der Waals surface area contributed by atoms with E-state index in [0.717, 1.165) is 21.7 Å².